The zero-order valence-corrected chi connectivity index (χ0v) is 5.91. The third-order valence-corrected chi connectivity index (χ3v) is 1.92. The van der Waals surface area contributed by atoms with Crippen LogP contribution in [0, 0.1) is 5.92 Å². The maximum absolute atomic E-state index is 2.23. The van der Waals surface area contributed by atoms with Gasteiger partial charge in [0.2, 0.25) is 0 Å². The van der Waals surface area contributed by atoms with Crippen molar-refractivity contribution in [1.82, 2.24) is 0 Å². The van der Waals surface area contributed by atoms with Crippen molar-refractivity contribution in [1.29, 1.82) is 0 Å². The minimum Gasteiger partial charge on any atom is -0.340 e. The van der Waals surface area contributed by atoms with Crippen LogP contribution < -0.4 is 4.90 Å². The molecular formula is C7H16N+. The van der Waals surface area contributed by atoms with Crippen LogP contribution in [0.4, 0.5) is 0 Å². The van der Waals surface area contributed by atoms with E-state index in [4.69, 9.17) is 0 Å². The van der Waals surface area contributed by atoms with Gasteiger partial charge in [-0.15, -0.1) is 0 Å². The van der Waals surface area contributed by atoms with Gasteiger partial charge in [-0.2, -0.15) is 0 Å². The van der Waals surface area contributed by atoms with Gasteiger partial charge in [-0.3, -0.25) is 0 Å². The Balaban J connectivity index is 2.01. The molecule has 0 atom stereocenters. The lowest BCUT2D eigenvalue weighted by Crippen LogP contribution is -3.06. The van der Waals surface area contributed by atoms with Crippen molar-refractivity contribution >= 4 is 0 Å². The lowest BCUT2D eigenvalue weighted by atomic mass is 9.85. The van der Waals surface area contributed by atoms with E-state index in [2.05, 4.69) is 14.1 Å². The normalized spacial score (nSPS) is 21.4. The van der Waals surface area contributed by atoms with Gasteiger partial charge in [0.1, 0.15) is 0 Å². The Morgan fingerprint density at radius 2 is 2.00 bits per heavy atom. The molecule has 0 aromatic rings. The summed E-state index contributed by atoms with van der Waals surface area (Å²) in [4.78, 5) is 1.61. The van der Waals surface area contributed by atoms with E-state index in [-0.39, 0.29) is 0 Å². The van der Waals surface area contributed by atoms with Gasteiger partial charge in [0.15, 0.2) is 0 Å². The Labute approximate surface area is 51.7 Å². The molecule has 0 radical (unpaired) electrons. The first kappa shape index (κ1) is 6.09. The van der Waals surface area contributed by atoms with E-state index in [1.807, 2.05) is 0 Å². The van der Waals surface area contributed by atoms with Gasteiger partial charge in [0, 0.05) is 5.92 Å². The molecule has 1 rings (SSSR count). The molecule has 1 fully saturated rings. The Morgan fingerprint density at radius 3 is 2.12 bits per heavy atom. The summed E-state index contributed by atoms with van der Waals surface area (Å²) >= 11 is 0. The van der Waals surface area contributed by atoms with E-state index in [1.54, 1.807) is 4.90 Å². The maximum Gasteiger partial charge on any atom is 0.0795 e. The van der Waals surface area contributed by atoms with E-state index >= 15 is 0 Å². The maximum atomic E-state index is 2.23. The third kappa shape index (κ3) is 1.48. The van der Waals surface area contributed by atoms with Crippen LogP contribution in [0.1, 0.15) is 19.3 Å². The summed E-state index contributed by atoms with van der Waals surface area (Å²) in [7, 11) is 4.47. The molecule has 1 heteroatoms. The van der Waals surface area contributed by atoms with Crippen LogP contribution in [0.5, 0.6) is 0 Å². The molecule has 48 valence electrons. The molecule has 0 bridgehead atoms. The largest absolute Gasteiger partial charge is 0.340 e. The number of nitrogens with one attached hydrogen (secondary N) is 1. The fourth-order valence-electron chi connectivity index (χ4n) is 1.27. The van der Waals surface area contributed by atoms with Crippen molar-refractivity contribution in [2.24, 2.45) is 5.92 Å². The predicted molar refractivity (Wildman–Crippen MR) is 35.0 cm³/mol. The average Bonchev–Trinajstić information content (AvgIpc) is 1.55. The molecule has 1 aliphatic rings. The third-order valence-electron chi connectivity index (χ3n) is 1.92. The van der Waals surface area contributed by atoms with Crippen molar-refractivity contribution < 1.29 is 4.90 Å². The first-order chi connectivity index (χ1) is 3.79. The van der Waals surface area contributed by atoms with Crippen molar-refractivity contribution in [2.45, 2.75) is 19.3 Å². The summed E-state index contributed by atoms with van der Waals surface area (Å²) < 4.78 is 0. The molecule has 0 spiro atoms. The quantitative estimate of drug-likeness (QED) is 0.512. The van der Waals surface area contributed by atoms with Crippen LogP contribution in [-0.2, 0) is 0 Å². The highest BCUT2D eigenvalue weighted by Crippen LogP contribution is 2.24. The minimum absolute atomic E-state index is 1.07. The van der Waals surface area contributed by atoms with Crippen LogP contribution in [-0.4, -0.2) is 20.6 Å². The van der Waals surface area contributed by atoms with Gasteiger partial charge in [-0.05, 0) is 12.8 Å². The molecule has 0 heterocycles. The molecular weight excluding hydrogens is 98.1 g/mol. The van der Waals surface area contributed by atoms with Gasteiger partial charge >= 0.3 is 0 Å². The number of hydrogen-bond donors (Lipinski definition) is 1. The van der Waals surface area contributed by atoms with E-state index < -0.39 is 0 Å². The number of quaternary nitrogens is 1. The molecule has 0 aromatic heterocycles. The molecule has 0 amide bonds. The second-order valence-electron chi connectivity index (χ2n) is 3.21. The number of hydrogen-bond acceptors (Lipinski definition) is 0. The van der Waals surface area contributed by atoms with E-state index in [0.717, 1.165) is 5.92 Å². The first-order valence-corrected chi connectivity index (χ1v) is 3.58. The summed E-state index contributed by atoms with van der Waals surface area (Å²) in [5.74, 6) is 1.07. The fourth-order valence-corrected chi connectivity index (χ4v) is 1.27. The smallest absolute Gasteiger partial charge is 0.0795 e. The zero-order chi connectivity index (χ0) is 5.98. The molecule has 1 aliphatic carbocycles. The highest BCUT2D eigenvalue weighted by atomic mass is 15.1. The molecule has 1 N–H and O–H groups in total. The van der Waals surface area contributed by atoms with Gasteiger partial charge in [-0.25, -0.2) is 0 Å². The van der Waals surface area contributed by atoms with Crippen molar-refractivity contribution in [2.75, 3.05) is 20.6 Å². The van der Waals surface area contributed by atoms with E-state index in [0.29, 0.717) is 0 Å². The average molecular weight is 114 g/mol. The second kappa shape index (κ2) is 2.49. The van der Waals surface area contributed by atoms with E-state index in [9.17, 15) is 0 Å². The van der Waals surface area contributed by atoms with Gasteiger partial charge in [0.05, 0.1) is 20.6 Å². The van der Waals surface area contributed by atoms with Crippen LogP contribution in [0.3, 0.4) is 0 Å². The molecule has 1 saturated carbocycles. The Hall–Kier alpha value is -0.0400. The molecule has 0 unspecified atom stereocenters. The lowest BCUT2D eigenvalue weighted by molar-refractivity contribution is -0.862. The summed E-state index contributed by atoms with van der Waals surface area (Å²) in [5, 5.41) is 0. The summed E-state index contributed by atoms with van der Waals surface area (Å²) in [6.07, 6.45) is 4.47. The first-order valence-electron chi connectivity index (χ1n) is 3.58. The Morgan fingerprint density at radius 1 is 1.38 bits per heavy atom. The molecule has 0 aliphatic heterocycles. The van der Waals surface area contributed by atoms with Gasteiger partial charge in [0.25, 0.3) is 0 Å². The van der Waals surface area contributed by atoms with Crippen molar-refractivity contribution in [3.8, 4) is 0 Å². The van der Waals surface area contributed by atoms with E-state index in [1.165, 1.54) is 25.8 Å². The van der Waals surface area contributed by atoms with Gasteiger partial charge < -0.3 is 4.90 Å². The molecule has 0 aromatic carbocycles. The van der Waals surface area contributed by atoms with Gasteiger partial charge in [-0.1, -0.05) is 6.42 Å². The molecule has 0 saturated heterocycles. The highest BCUT2D eigenvalue weighted by molar-refractivity contribution is 4.67. The predicted octanol–water partition coefficient (Wildman–Crippen LogP) is -0.0690. The number of rotatable bonds is 2. The van der Waals surface area contributed by atoms with Crippen LogP contribution in [0.15, 0.2) is 0 Å². The summed E-state index contributed by atoms with van der Waals surface area (Å²) in [6, 6.07) is 0. The van der Waals surface area contributed by atoms with Crippen molar-refractivity contribution in [3.63, 3.8) is 0 Å². The van der Waals surface area contributed by atoms with Crippen LogP contribution in [0.25, 0.3) is 0 Å². The monoisotopic (exact) mass is 114 g/mol. The Bertz CT molecular complexity index is 64.8. The fraction of sp³-hybridized carbons (Fsp3) is 1.00. The standard InChI is InChI=1S/C7H15N/c1-8(2)6-7-4-3-5-7/h7H,3-6H2,1-2H3/p+1. The highest BCUT2D eigenvalue weighted by Gasteiger charge is 2.19. The lowest BCUT2D eigenvalue weighted by Gasteiger charge is -2.25. The summed E-state index contributed by atoms with van der Waals surface area (Å²) in [5.41, 5.74) is 0. The van der Waals surface area contributed by atoms with Crippen LogP contribution in [0.2, 0.25) is 0 Å². The van der Waals surface area contributed by atoms with Crippen LogP contribution >= 0.6 is 0 Å². The second-order valence-corrected chi connectivity index (χ2v) is 3.21. The topological polar surface area (TPSA) is 4.44 Å². The van der Waals surface area contributed by atoms with Crippen molar-refractivity contribution in [3.05, 3.63) is 0 Å². The Kier molecular flexibility index (Phi) is 1.90. The summed E-state index contributed by atoms with van der Waals surface area (Å²) in [6.45, 7) is 1.39. The minimum atomic E-state index is 1.07. The zero-order valence-electron chi connectivity index (χ0n) is 5.91. The SMILES string of the molecule is C[NH+](C)CC1CCC1. The molecule has 8 heavy (non-hydrogen) atoms. The molecule has 1 nitrogen and oxygen atoms in total.